The maximum absolute atomic E-state index is 14.3. The highest BCUT2D eigenvalue weighted by atomic mass is 32.2. The third kappa shape index (κ3) is 4.14. The number of rotatable bonds is 6. The number of nitrogen functional groups attached to an aromatic ring is 1. The molecule has 1 atom stereocenters. The number of sulfonamides is 1. The van der Waals surface area contributed by atoms with E-state index in [1.54, 1.807) is 18.2 Å². The smallest absolute Gasteiger partial charge is 0.241 e. The van der Waals surface area contributed by atoms with Crippen LogP contribution in [0.1, 0.15) is 6.92 Å². The van der Waals surface area contributed by atoms with E-state index in [0.717, 1.165) is 0 Å². The molecule has 0 spiro atoms. The van der Waals surface area contributed by atoms with Gasteiger partial charge in [0.15, 0.2) is 0 Å². The Hall–Kier alpha value is -2.95. The Morgan fingerprint density at radius 2 is 1.86 bits per heavy atom. The largest absolute Gasteiger partial charge is 0.395 e. The fraction of sp³-hybridized carbons (Fsp3) is 0.167. The van der Waals surface area contributed by atoms with Crippen LogP contribution in [0.4, 0.5) is 10.3 Å². The lowest BCUT2D eigenvalue weighted by atomic mass is 10.1. The summed E-state index contributed by atoms with van der Waals surface area (Å²) in [5.74, 6) is -0.565. The highest BCUT2D eigenvalue weighted by Crippen LogP contribution is 2.29. The molecule has 4 N–H and O–H groups in total. The molecule has 3 rings (SSSR count). The van der Waals surface area contributed by atoms with Crippen LogP contribution in [0.3, 0.4) is 0 Å². The van der Waals surface area contributed by atoms with Crippen molar-refractivity contribution in [2.75, 3.05) is 12.3 Å². The number of aliphatic hydroxyl groups is 1. The molecular weight excluding hydrogens is 385 g/mol. The summed E-state index contributed by atoms with van der Waals surface area (Å²) in [6.07, 6.45) is 2.68. The van der Waals surface area contributed by atoms with Crippen molar-refractivity contribution in [1.82, 2.24) is 19.7 Å². The molecule has 3 aromatic rings. The molecule has 2 aromatic heterocycles. The van der Waals surface area contributed by atoms with E-state index in [1.807, 2.05) is 0 Å². The number of hydrogen-bond acceptors (Lipinski definition) is 7. The van der Waals surface area contributed by atoms with Crippen LogP contribution in [0.2, 0.25) is 0 Å². The molecule has 0 aliphatic rings. The Balaban J connectivity index is 2.11. The van der Waals surface area contributed by atoms with Gasteiger partial charge in [0.1, 0.15) is 11.5 Å². The van der Waals surface area contributed by atoms with E-state index < -0.39 is 21.9 Å². The monoisotopic (exact) mass is 403 g/mol. The predicted molar refractivity (Wildman–Crippen MR) is 102 cm³/mol. The fourth-order valence-corrected chi connectivity index (χ4v) is 3.98. The highest BCUT2D eigenvalue weighted by Gasteiger charge is 2.22. The lowest BCUT2D eigenvalue weighted by molar-refractivity contribution is 0.265. The first-order valence-corrected chi connectivity index (χ1v) is 9.77. The van der Waals surface area contributed by atoms with Crippen molar-refractivity contribution in [3.05, 3.63) is 54.6 Å². The molecule has 0 aliphatic heterocycles. The number of nitrogens with two attached hydrogens (primary N) is 1. The average Bonchev–Trinajstić information content (AvgIpc) is 2.69. The lowest BCUT2D eigenvalue weighted by Gasteiger charge is -2.15. The van der Waals surface area contributed by atoms with Gasteiger partial charge >= 0.3 is 0 Å². The number of anilines is 1. The first-order chi connectivity index (χ1) is 13.3. The van der Waals surface area contributed by atoms with Crippen molar-refractivity contribution >= 4 is 16.0 Å². The van der Waals surface area contributed by atoms with Crippen LogP contribution < -0.4 is 10.5 Å². The zero-order valence-electron chi connectivity index (χ0n) is 14.9. The van der Waals surface area contributed by atoms with Gasteiger partial charge in [-0.2, -0.15) is 0 Å². The maximum Gasteiger partial charge on any atom is 0.241 e. The number of aliphatic hydroxyl groups excluding tert-OH is 1. The zero-order chi connectivity index (χ0) is 20.3. The van der Waals surface area contributed by atoms with Crippen LogP contribution in [-0.4, -0.2) is 41.1 Å². The Bertz CT molecular complexity index is 1090. The fourth-order valence-electron chi connectivity index (χ4n) is 2.53. The quantitative estimate of drug-likeness (QED) is 0.569. The molecule has 0 fully saturated rings. The number of hydrogen-bond donors (Lipinski definition) is 3. The molecule has 0 unspecified atom stereocenters. The summed E-state index contributed by atoms with van der Waals surface area (Å²) in [5, 5.41) is 9.14. The van der Waals surface area contributed by atoms with Gasteiger partial charge in [-0.1, -0.05) is 18.2 Å². The Morgan fingerprint density at radius 3 is 2.54 bits per heavy atom. The second-order valence-electron chi connectivity index (χ2n) is 6.06. The van der Waals surface area contributed by atoms with Gasteiger partial charge in [-0.25, -0.2) is 32.5 Å². The van der Waals surface area contributed by atoms with E-state index in [0.29, 0.717) is 5.56 Å². The van der Waals surface area contributed by atoms with Crippen LogP contribution in [0.5, 0.6) is 0 Å². The molecule has 1 aromatic carbocycles. The van der Waals surface area contributed by atoms with E-state index in [1.165, 1.54) is 37.5 Å². The van der Waals surface area contributed by atoms with Gasteiger partial charge in [0.05, 0.1) is 17.2 Å². The summed E-state index contributed by atoms with van der Waals surface area (Å²) >= 11 is 0. The average molecular weight is 403 g/mol. The normalized spacial score (nSPS) is 12.7. The van der Waals surface area contributed by atoms with Crippen molar-refractivity contribution < 1.29 is 17.9 Å². The molecule has 0 saturated carbocycles. The SMILES string of the molecule is C[C@H](CO)NS(=O)(=O)c1ccccc1-c1ccc(F)c(-c2cnc(N)nc2)n1. The minimum atomic E-state index is -3.93. The first-order valence-electron chi connectivity index (χ1n) is 8.29. The molecule has 0 saturated heterocycles. The minimum Gasteiger partial charge on any atom is -0.395 e. The van der Waals surface area contributed by atoms with E-state index in [2.05, 4.69) is 19.7 Å². The summed E-state index contributed by atoms with van der Waals surface area (Å²) in [4.78, 5) is 11.9. The molecule has 28 heavy (non-hydrogen) atoms. The van der Waals surface area contributed by atoms with Gasteiger partial charge in [-0.3, -0.25) is 0 Å². The van der Waals surface area contributed by atoms with Crippen molar-refractivity contribution in [3.63, 3.8) is 0 Å². The van der Waals surface area contributed by atoms with Crippen LogP contribution in [-0.2, 0) is 10.0 Å². The van der Waals surface area contributed by atoms with Gasteiger partial charge in [0, 0.05) is 29.6 Å². The summed E-state index contributed by atoms with van der Waals surface area (Å²) in [7, 11) is -3.93. The predicted octanol–water partition coefficient (Wildman–Crippen LogP) is 1.59. The molecular formula is C18H18FN5O3S. The number of halogens is 1. The van der Waals surface area contributed by atoms with Gasteiger partial charge in [0.2, 0.25) is 16.0 Å². The molecule has 10 heteroatoms. The summed E-state index contributed by atoms with van der Waals surface area (Å²) in [6.45, 7) is 1.19. The van der Waals surface area contributed by atoms with Crippen LogP contribution in [0.25, 0.3) is 22.5 Å². The number of aromatic nitrogens is 3. The lowest BCUT2D eigenvalue weighted by Crippen LogP contribution is -2.35. The third-order valence-electron chi connectivity index (χ3n) is 3.87. The van der Waals surface area contributed by atoms with Gasteiger partial charge in [-0.15, -0.1) is 0 Å². The second kappa shape index (κ2) is 7.97. The molecule has 0 bridgehead atoms. The van der Waals surface area contributed by atoms with Crippen LogP contribution >= 0.6 is 0 Å². The molecule has 2 heterocycles. The molecule has 146 valence electrons. The molecule has 8 nitrogen and oxygen atoms in total. The molecule has 0 radical (unpaired) electrons. The Labute approximate surface area is 161 Å². The van der Waals surface area contributed by atoms with Crippen molar-refractivity contribution in [2.24, 2.45) is 0 Å². The van der Waals surface area contributed by atoms with Crippen molar-refractivity contribution in [3.8, 4) is 22.5 Å². The van der Waals surface area contributed by atoms with E-state index in [-0.39, 0.29) is 34.4 Å². The van der Waals surface area contributed by atoms with Crippen molar-refractivity contribution in [2.45, 2.75) is 17.9 Å². The van der Waals surface area contributed by atoms with Gasteiger partial charge in [0.25, 0.3) is 0 Å². The zero-order valence-corrected chi connectivity index (χ0v) is 15.7. The number of nitrogens with zero attached hydrogens (tertiary/aromatic N) is 3. The summed E-state index contributed by atoms with van der Waals surface area (Å²) in [5.41, 5.74) is 6.28. The topological polar surface area (TPSA) is 131 Å². The first kappa shape index (κ1) is 19.8. The Kier molecular flexibility index (Phi) is 5.63. The van der Waals surface area contributed by atoms with Crippen molar-refractivity contribution in [1.29, 1.82) is 0 Å². The third-order valence-corrected chi connectivity index (χ3v) is 5.52. The standard InChI is InChI=1S/C18H18FN5O3S/c1-11(10-25)24-28(26,27)16-5-3-2-4-13(16)15-7-6-14(19)17(23-15)12-8-21-18(20)22-9-12/h2-9,11,24-25H,10H2,1H3,(H2,20,21,22)/t11-/m1/s1. The van der Waals surface area contributed by atoms with Gasteiger partial charge in [-0.05, 0) is 25.1 Å². The van der Waals surface area contributed by atoms with E-state index in [9.17, 15) is 12.8 Å². The van der Waals surface area contributed by atoms with E-state index in [4.69, 9.17) is 10.8 Å². The minimum absolute atomic E-state index is 0.0265. The second-order valence-corrected chi connectivity index (χ2v) is 7.74. The Morgan fingerprint density at radius 1 is 1.18 bits per heavy atom. The molecule has 0 aliphatic carbocycles. The number of nitrogens with one attached hydrogen (secondary N) is 1. The van der Waals surface area contributed by atoms with Crippen LogP contribution in [0.15, 0.2) is 53.7 Å². The highest BCUT2D eigenvalue weighted by molar-refractivity contribution is 7.89. The summed E-state index contributed by atoms with van der Waals surface area (Å²) < 4.78 is 42.1. The molecule has 0 amide bonds. The summed E-state index contributed by atoms with van der Waals surface area (Å²) in [6, 6.07) is 8.13. The van der Waals surface area contributed by atoms with Gasteiger partial charge < -0.3 is 10.8 Å². The van der Waals surface area contributed by atoms with E-state index >= 15 is 0 Å². The number of benzene rings is 1. The number of pyridine rings is 1. The van der Waals surface area contributed by atoms with Crippen LogP contribution in [0, 0.1) is 5.82 Å². The maximum atomic E-state index is 14.3.